The van der Waals surface area contributed by atoms with Gasteiger partial charge >= 0.3 is 6.18 Å². The number of hydrogen-bond donors (Lipinski definition) is 2. The highest BCUT2D eigenvalue weighted by Crippen LogP contribution is 2.22. The van der Waals surface area contributed by atoms with E-state index in [4.69, 9.17) is 5.11 Å². The van der Waals surface area contributed by atoms with Crippen LogP contribution >= 0.6 is 31.9 Å². The summed E-state index contributed by atoms with van der Waals surface area (Å²) in [5, 5.41) is 11.0. The van der Waals surface area contributed by atoms with Crippen molar-refractivity contribution in [2.45, 2.75) is 18.7 Å². The van der Waals surface area contributed by atoms with Crippen LogP contribution in [0.3, 0.4) is 0 Å². The maximum Gasteiger partial charge on any atom is 0.414 e. The van der Waals surface area contributed by atoms with Crippen LogP contribution in [0.2, 0.25) is 0 Å². The number of rotatable bonds is 4. The van der Waals surface area contributed by atoms with Crippen LogP contribution < -0.4 is 5.32 Å². The lowest BCUT2D eigenvalue weighted by atomic mass is 10.2. The molecule has 0 aliphatic heterocycles. The third-order valence-electron chi connectivity index (χ3n) is 2.10. The van der Waals surface area contributed by atoms with Gasteiger partial charge in [0.05, 0.1) is 4.47 Å². The van der Waals surface area contributed by atoms with E-state index >= 15 is 0 Å². The van der Waals surface area contributed by atoms with Gasteiger partial charge in [0.25, 0.3) is 5.91 Å². The molecule has 0 bridgehead atoms. The molecule has 1 aromatic heterocycles. The summed E-state index contributed by atoms with van der Waals surface area (Å²) < 4.78 is 37.1. The highest BCUT2D eigenvalue weighted by molar-refractivity contribution is 9.11. The van der Waals surface area contributed by atoms with Gasteiger partial charge in [-0.15, -0.1) is 0 Å². The van der Waals surface area contributed by atoms with E-state index in [1.807, 2.05) is 0 Å². The molecule has 0 aliphatic rings. The van der Waals surface area contributed by atoms with Crippen molar-refractivity contribution in [3.05, 3.63) is 26.9 Å². The third-order valence-corrected chi connectivity index (χ3v) is 3.14. The van der Waals surface area contributed by atoms with Crippen LogP contribution in [-0.4, -0.2) is 34.8 Å². The number of aromatic nitrogens is 1. The zero-order chi connectivity index (χ0) is 14.6. The Labute approximate surface area is 123 Å². The molecule has 106 valence electrons. The molecule has 1 aromatic rings. The summed E-state index contributed by atoms with van der Waals surface area (Å²) >= 11 is 6.27. The van der Waals surface area contributed by atoms with Crippen molar-refractivity contribution in [1.29, 1.82) is 0 Å². The summed E-state index contributed by atoms with van der Waals surface area (Å²) in [7, 11) is 0. The van der Waals surface area contributed by atoms with Gasteiger partial charge < -0.3 is 10.4 Å². The Balaban J connectivity index is 2.52. The van der Waals surface area contributed by atoms with E-state index in [0.29, 0.717) is 8.95 Å². The fourth-order valence-electron chi connectivity index (χ4n) is 1.15. The molecule has 1 amide bonds. The van der Waals surface area contributed by atoms with E-state index in [1.54, 1.807) is 6.07 Å². The topological polar surface area (TPSA) is 62.2 Å². The van der Waals surface area contributed by atoms with Gasteiger partial charge in [-0.3, -0.25) is 4.79 Å². The lowest BCUT2D eigenvalue weighted by Crippen LogP contribution is -2.34. The molecule has 2 N–H and O–H groups in total. The molecular formula is C10H9Br2F3N2O2. The molecule has 0 saturated heterocycles. The first-order chi connectivity index (χ1) is 8.71. The number of aliphatic hydroxyl groups is 1. The number of carbonyl (C=O) groups excluding carboxylic acids is 1. The number of nitrogens with one attached hydrogen (secondary N) is 1. The molecule has 19 heavy (non-hydrogen) atoms. The molecule has 0 spiro atoms. The van der Waals surface area contributed by atoms with E-state index in [1.165, 1.54) is 6.20 Å². The first-order valence-electron chi connectivity index (χ1n) is 5.06. The molecule has 1 heterocycles. The van der Waals surface area contributed by atoms with Gasteiger partial charge in [0.2, 0.25) is 0 Å². The SMILES string of the molecule is O=C(NCC[C@H](O)C(F)(F)F)c1ncc(Br)cc1Br. The van der Waals surface area contributed by atoms with Crippen LogP contribution in [0.1, 0.15) is 16.9 Å². The normalized spacial score (nSPS) is 13.2. The number of alkyl halides is 3. The Morgan fingerprint density at radius 3 is 2.63 bits per heavy atom. The average molecular weight is 406 g/mol. The van der Waals surface area contributed by atoms with Crippen molar-refractivity contribution >= 4 is 37.8 Å². The Kier molecular flexibility index (Phi) is 5.75. The monoisotopic (exact) mass is 404 g/mol. The summed E-state index contributed by atoms with van der Waals surface area (Å²) in [4.78, 5) is 15.5. The summed E-state index contributed by atoms with van der Waals surface area (Å²) in [5.74, 6) is -0.617. The number of nitrogens with zero attached hydrogens (tertiary/aromatic N) is 1. The molecule has 0 aliphatic carbocycles. The van der Waals surface area contributed by atoms with Gasteiger partial charge in [-0.1, -0.05) is 0 Å². The number of aliphatic hydroxyl groups excluding tert-OH is 1. The molecule has 4 nitrogen and oxygen atoms in total. The molecule has 0 unspecified atom stereocenters. The minimum Gasteiger partial charge on any atom is -0.384 e. The second-order valence-corrected chi connectivity index (χ2v) is 5.36. The van der Waals surface area contributed by atoms with Crippen LogP contribution in [-0.2, 0) is 0 Å². The Morgan fingerprint density at radius 2 is 2.11 bits per heavy atom. The Bertz CT molecular complexity index is 469. The molecule has 0 aromatic carbocycles. The first kappa shape index (κ1) is 16.4. The van der Waals surface area contributed by atoms with Gasteiger partial charge in [-0.05, 0) is 44.3 Å². The molecule has 1 atom stereocenters. The predicted octanol–water partition coefficient (Wildman–Crippen LogP) is 2.65. The van der Waals surface area contributed by atoms with Crippen molar-refractivity contribution in [3.8, 4) is 0 Å². The van der Waals surface area contributed by atoms with Crippen molar-refractivity contribution in [2.24, 2.45) is 0 Å². The van der Waals surface area contributed by atoms with Gasteiger partial charge in [0.15, 0.2) is 6.10 Å². The van der Waals surface area contributed by atoms with Crippen molar-refractivity contribution in [3.63, 3.8) is 0 Å². The minimum absolute atomic E-state index is 0.0599. The van der Waals surface area contributed by atoms with Gasteiger partial charge in [0, 0.05) is 17.2 Å². The summed E-state index contributed by atoms with van der Waals surface area (Å²) in [6, 6.07) is 1.59. The molecule has 0 saturated carbocycles. The average Bonchev–Trinajstić information content (AvgIpc) is 2.27. The molecule has 9 heteroatoms. The second-order valence-electron chi connectivity index (χ2n) is 3.59. The summed E-state index contributed by atoms with van der Waals surface area (Å²) in [6.45, 7) is -0.302. The van der Waals surface area contributed by atoms with Crippen LogP contribution in [0, 0.1) is 0 Å². The van der Waals surface area contributed by atoms with Gasteiger partial charge in [0.1, 0.15) is 5.69 Å². The van der Waals surface area contributed by atoms with E-state index in [2.05, 4.69) is 42.2 Å². The lowest BCUT2D eigenvalue weighted by molar-refractivity contribution is -0.204. The number of halogens is 5. The number of carbonyl (C=O) groups is 1. The number of hydrogen-bond acceptors (Lipinski definition) is 3. The van der Waals surface area contributed by atoms with Gasteiger partial charge in [-0.25, -0.2) is 4.98 Å². The van der Waals surface area contributed by atoms with Crippen LogP contribution in [0.4, 0.5) is 13.2 Å². The predicted molar refractivity (Wildman–Crippen MR) is 68.6 cm³/mol. The number of amides is 1. The maximum absolute atomic E-state index is 12.0. The Hall–Kier alpha value is -0.670. The van der Waals surface area contributed by atoms with E-state index < -0.39 is 24.6 Å². The Morgan fingerprint density at radius 1 is 1.47 bits per heavy atom. The molecule has 1 rings (SSSR count). The van der Waals surface area contributed by atoms with E-state index in [-0.39, 0.29) is 12.2 Å². The molecule has 0 radical (unpaired) electrons. The zero-order valence-corrected chi connectivity index (χ0v) is 12.5. The minimum atomic E-state index is -4.68. The smallest absolute Gasteiger partial charge is 0.384 e. The second kappa shape index (κ2) is 6.67. The largest absolute Gasteiger partial charge is 0.414 e. The van der Waals surface area contributed by atoms with Crippen LogP contribution in [0.5, 0.6) is 0 Å². The quantitative estimate of drug-likeness (QED) is 0.809. The fourth-order valence-corrected chi connectivity index (χ4v) is 2.32. The highest BCUT2D eigenvalue weighted by Gasteiger charge is 2.37. The lowest BCUT2D eigenvalue weighted by Gasteiger charge is -2.14. The van der Waals surface area contributed by atoms with Crippen LogP contribution in [0.25, 0.3) is 0 Å². The zero-order valence-electron chi connectivity index (χ0n) is 9.34. The first-order valence-corrected chi connectivity index (χ1v) is 6.64. The molecular weight excluding hydrogens is 397 g/mol. The van der Waals surface area contributed by atoms with Crippen molar-refractivity contribution in [2.75, 3.05) is 6.54 Å². The standard InChI is InChI=1S/C10H9Br2F3N2O2/c11-5-3-6(12)8(17-4-5)9(19)16-2-1-7(18)10(13,14)15/h3-4,7,18H,1-2H2,(H,16,19)/t7-/m0/s1. The fraction of sp³-hybridized carbons (Fsp3) is 0.400. The highest BCUT2D eigenvalue weighted by atomic mass is 79.9. The van der Waals surface area contributed by atoms with Gasteiger partial charge in [-0.2, -0.15) is 13.2 Å². The maximum atomic E-state index is 12.0. The molecule has 0 fully saturated rings. The third kappa shape index (κ3) is 5.07. The van der Waals surface area contributed by atoms with Crippen LogP contribution in [0.15, 0.2) is 21.2 Å². The number of pyridine rings is 1. The summed E-state index contributed by atoms with van der Waals surface area (Å²) in [5.41, 5.74) is 0.0599. The van der Waals surface area contributed by atoms with Crippen molar-refractivity contribution in [1.82, 2.24) is 10.3 Å². The van der Waals surface area contributed by atoms with E-state index in [0.717, 1.165) is 0 Å². The van der Waals surface area contributed by atoms with E-state index in [9.17, 15) is 18.0 Å². The summed E-state index contributed by atoms with van der Waals surface area (Å²) in [6.07, 6.45) is -6.34. The van der Waals surface area contributed by atoms with Crippen molar-refractivity contribution < 1.29 is 23.1 Å².